The molecule has 1 aromatic carbocycles. The van der Waals surface area contributed by atoms with E-state index in [1.54, 1.807) is 0 Å². The van der Waals surface area contributed by atoms with Crippen molar-refractivity contribution in [2.75, 3.05) is 0 Å². The Bertz CT molecular complexity index is 877. The SMILES string of the molecule is Cc1cc(C)nc(OC2CCC(NC(=O)c3cc(Cl)ccc3[N+](=O)[O-])CC2)n1. The van der Waals surface area contributed by atoms with Crippen LogP contribution in [-0.2, 0) is 0 Å². The van der Waals surface area contributed by atoms with Gasteiger partial charge in [-0.15, -0.1) is 0 Å². The van der Waals surface area contributed by atoms with Gasteiger partial charge >= 0.3 is 6.01 Å². The van der Waals surface area contributed by atoms with Gasteiger partial charge in [0, 0.05) is 28.5 Å². The number of nitro groups is 1. The van der Waals surface area contributed by atoms with Crippen LogP contribution in [0.15, 0.2) is 24.3 Å². The molecule has 3 rings (SSSR count). The first-order chi connectivity index (χ1) is 13.3. The number of hydrogen-bond acceptors (Lipinski definition) is 6. The number of nitrogens with one attached hydrogen (secondary N) is 1. The second-order valence-electron chi connectivity index (χ2n) is 6.92. The maximum atomic E-state index is 12.5. The molecule has 0 unspecified atom stereocenters. The number of aryl methyl sites for hydroxylation is 2. The van der Waals surface area contributed by atoms with Crippen LogP contribution in [0, 0.1) is 24.0 Å². The summed E-state index contributed by atoms with van der Waals surface area (Å²) < 4.78 is 5.88. The Morgan fingerprint density at radius 2 is 1.82 bits per heavy atom. The Labute approximate surface area is 167 Å². The minimum Gasteiger partial charge on any atom is -0.460 e. The second-order valence-corrected chi connectivity index (χ2v) is 7.35. The summed E-state index contributed by atoms with van der Waals surface area (Å²) in [5, 5.41) is 14.3. The molecule has 1 saturated carbocycles. The van der Waals surface area contributed by atoms with Crippen LogP contribution in [0.1, 0.15) is 47.4 Å². The topological polar surface area (TPSA) is 107 Å². The highest BCUT2D eigenvalue weighted by Crippen LogP contribution is 2.25. The van der Waals surface area contributed by atoms with Gasteiger partial charge in [0.1, 0.15) is 11.7 Å². The van der Waals surface area contributed by atoms with Crippen molar-refractivity contribution < 1.29 is 14.5 Å². The van der Waals surface area contributed by atoms with Crippen molar-refractivity contribution >= 4 is 23.2 Å². The zero-order chi connectivity index (χ0) is 20.3. The lowest BCUT2D eigenvalue weighted by Crippen LogP contribution is -2.40. The second kappa shape index (κ2) is 8.52. The Morgan fingerprint density at radius 1 is 1.18 bits per heavy atom. The van der Waals surface area contributed by atoms with E-state index in [1.807, 2.05) is 19.9 Å². The average molecular weight is 405 g/mol. The highest BCUT2D eigenvalue weighted by atomic mass is 35.5. The molecule has 0 atom stereocenters. The molecule has 8 nitrogen and oxygen atoms in total. The lowest BCUT2D eigenvalue weighted by Gasteiger charge is -2.29. The van der Waals surface area contributed by atoms with Gasteiger partial charge in [-0.05, 0) is 57.7 Å². The number of carbonyl (C=O) groups excluding carboxylic acids is 1. The third kappa shape index (κ3) is 4.95. The number of benzene rings is 1. The van der Waals surface area contributed by atoms with Crippen LogP contribution in [-0.4, -0.2) is 32.9 Å². The molecule has 9 heteroatoms. The number of rotatable bonds is 5. The number of nitro benzene ring substituents is 1. The van der Waals surface area contributed by atoms with Gasteiger partial charge < -0.3 is 10.1 Å². The van der Waals surface area contributed by atoms with Gasteiger partial charge in [-0.1, -0.05) is 11.6 Å². The summed E-state index contributed by atoms with van der Waals surface area (Å²) in [5.74, 6) is -0.490. The van der Waals surface area contributed by atoms with E-state index in [0.717, 1.165) is 24.2 Å². The van der Waals surface area contributed by atoms with Gasteiger partial charge in [-0.25, -0.2) is 9.97 Å². The number of aromatic nitrogens is 2. The van der Waals surface area contributed by atoms with Crippen LogP contribution in [0.2, 0.25) is 5.02 Å². The van der Waals surface area contributed by atoms with Crippen molar-refractivity contribution in [3.05, 3.63) is 56.4 Å². The van der Waals surface area contributed by atoms with Crippen molar-refractivity contribution in [1.29, 1.82) is 0 Å². The molecular weight excluding hydrogens is 384 g/mol. The normalized spacial score (nSPS) is 19.1. The minimum atomic E-state index is -0.584. The molecule has 0 aliphatic heterocycles. The largest absolute Gasteiger partial charge is 0.460 e. The summed E-state index contributed by atoms with van der Waals surface area (Å²) in [5.41, 5.74) is 1.42. The molecule has 1 aromatic heterocycles. The zero-order valence-corrected chi connectivity index (χ0v) is 16.4. The third-order valence-corrected chi connectivity index (χ3v) is 4.88. The zero-order valence-electron chi connectivity index (χ0n) is 15.6. The molecule has 0 bridgehead atoms. The van der Waals surface area contributed by atoms with Crippen molar-refractivity contribution in [1.82, 2.24) is 15.3 Å². The van der Waals surface area contributed by atoms with E-state index >= 15 is 0 Å². The van der Waals surface area contributed by atoms with Gasteiger partial charge in [0.15, 0.2) is 0 Å². The third-order valence-electron chi connectivity index (χ3n) is 4.64. The molecule has 0 spiro atoms. The number of amides is 1. The number of halogens is 1. The fourth-order valence-corrected chi connectivity index (χ4v) is 3.50. The van der Waals surface area contributed by atoms with Crippen LogP contribution < -0.4 is 10.1 Å². The molecule has 1 heterocycles. The van der Waals surface area contributed by atoms with E-state index < -0.39 is 10.8 Å². The average Bonchev–Trinajstić information content (AvgIpc) is 2.62. The lowest BCUT2D eigenvalue weighted by molar-refractivity contribution is -0.385. The lowest BCUT2D eigenvalue weighted by atomic mass is 9.92. The van der Waals surface area contributed by atoms with Gasteiger partial charge in [0.25, 0.3) is 11.6 Å². The Hall–Kier alpha value is -2.74. The Morgan fingerprint density at radius 3 is 2.43 bits per heavy atom. The van der Waals surface area contributed by atoms with Gasteiger partial charge in [-0.3, -0.25) is 14.9 Å². The van der Waals surface area contributed by atoms with Crippen LogP contribution in [0.3, 0.4) is 0 Å². The first kappa shape index (κ1) is 20.0. The molecule has 1 fully saturated rings. The molecule has 28 heavy (non-hydrogen) atoms. The van der Waals surface area contributed by atoms with Gasteiger partial charge in [0.05, 0.1) is 4.92 Å². The number of ether oxygens (including phenoxy) is 1. The first-order valence-corrected chi connectivity index (χ1v) is 9.43. The molecule has 0 saturated heterocycles. The van der Waals surface area contributed by atoms with E-state index in [-0.39, 0.29) is 28.4 Å². The summed E-state index contributed by atoms with van der Waals surface area (Å²) in [6, 6.07) is 6.14. The molecular formula is C19H21ClN4O4. The highest BCUT2D eigenvalue weighted by molar-refractivity contribution is 6.31. The summed E-state index contributed by atoms with van der Waals surface area (Å²) >= 11 is 5.90. The number of nitrogens with zero attached hydrogens (tertiary/aromatic N) is 3. The fourth-order valence-electron chi connectivity index (χ4n) is 3.33. The molecule has 148 valence electrons. The van der Waals surface area contributed by atoms with Crippen LogP contribution in [0.4, 0.5) is 5.69 Å². The van der Waals surface area contributed by atoms with Crippen LogP contribution in [0.25, 0.3) is 0 Å². The summed E-state index contributed by atoms with van der Waals surface area (Å²) in [7, 11) is 0. The fraction of sp³-hybridized carbons (Fsp3) is 0.421. The quantitative estimate of drug-likeness (QED) is 0.600. The van der Waals surface area contributed by atoms with Gasteiger partial charge in [0.2, 0.25) is 0 Å². The van der Waals surface area contributed by atoms with E-state index in [0.29, 0.717) is 18.9 Å². The van der Waals surface area contributed by atoms with E-state index in [1.165, 1.54) is 18.2 Å². The molecule has 1 aliphatic carbocycles. The standard InChI is InChI=1S/C19H21ClN4O4/c1-11-9-12(2)22-19(21-11)28-15-6-4-14(5-7-15)23-18(25)16-10-13(20)3-8-17(16)24(26)27/h3,8-10,14-15H,4-7H2,1-2H3,(H,23,25). The molecule has 1 amide bonds. The Kier molecular flexibility index (Phi) is 6.08. The predicted octanol–water partition coefficient (Wildman–Crippen LogP) is 3.78. The van der Waals surface area contributed by atoms with Gasteiger partial charge in [-0.2, -0.15) is 0 Å². The van der Waals surface area contributed by atoms with Crippen molar-refractivity contribution in [2.24, 2.45) is 0 Å². The van der Waals surface area contributed by atoms with E-state index in [4.69, 9.17) is 16.3 Å². The molecule has 0 radical (unpaired) electrons. The Balaban J connectivity index is 1.58. The monoisotopic (exact) mass is 404 g/mol. The summed E-state index contributed by atoms with van der Waals surface area (Å²) in [6.07, 6.45) is 2.86. The van der Waals surface area contributed by atoms with E-state index in [9.17, 15) is 14.9 Å². The van der Waals surface area contributed by atoms with Crippen LogP contribution >= 0.6 is 11.6 Å². The van der Waals surface area contributed by atoms with Crippen molar-refractivity contribution in [2.45, 2.75) is 51.7 Å². The van der Waals surface area contributed by atoms with Crippen molar-refractivity contribution in [3.63, 3.8) is 0 Å². The first-order valence-electron chi connectivity index (χ1n) is 9.05. The smallest absolute Gasteiger partial charge is 0.317 e. The molecule has 2 aromatic rings. The number of hydrogen-bond donors (Lipinski definition) is 1. The predicted molar refractivity (Wildman–Crippen MR) is 104 cm³/mol. The number of carbonyl (C=O) groups is 1. The molecule has 1 aliphatic rings. The maximum absolute atomic E-state index is 12.5. The summed E-state index contributed by atoms with van der Waals surface area (Å²) in [4.78, 5) is 31.7. The van der Waals surface area contributed by atoms with Crippen LogP contribution in [0.5, 0.6) is 6.01 Å². The van der Waals surface area contributed by atoms with E-state index in [2.05, 4.69) is 15.3 Å². The summed E-state index contributed by atoms with van der Waals surface area (Å²) in [6.45, 7) is 3.78. The maximum Gasteiger partial charge on any atom is 0.317 e. The molecule has 1 N–H and O–H groups in total. The minimum absolute atomic E-state index is 0.0187. The highest BCUT2D eigenvalue weighted by Gasteiger charge is 2.27. The van der Waals surface area contributed by atoms with Crippen molar-refractivity contribution in [3.8, 4) is 6.01 Å².